The lowest BCUT2D eigenvalue weighted by molar-refractivity contribution is 0.141. The monoisotopic (exact) mass is 506 g/mol. The lowest BCUT2D eigenvalue weighted by atomic mass is 9.87. The molecule has 2 nitrogen and oxygen atoms in total. The Morgan fingerprint density at radius 3 is 2.17 bits per heavy atom. The van der Waals surface area contributed by atoms with Gasteiger partial charge in [0.2, 0.25) is 0 Å². The molecule has 2 rings (SSSR count). The Morgan fingerprint density at radius 1 is 1.19 bits per heavy atom. The second kappa shape index (κ2) is 21.3. The summed E-state index contributed by atoms with van der Waals surface area (Å²) < 4.78 is 25.9. The summed E-state index contributed by atoms with van der Waals surface area (Å²) >= 11 is 0. The normalized spacial score (nSPS) is 21.1. The van der Waals surface area contributed by atoms with Gasteiger partial charge in [0.1, 0.15) is 12.3 Å². The Hall–Kier alpha value is -1.81. The third-order valence-electron chi connectivity index (χ3n) is 6.22. The van der Waals surface area contributed by atoms with Crippen LogP contribution in [0.5, 0.6) is 0 Å². The van der Waals surface area contributed by atoms with Crippen LogP contribution in [0.1, 0.15) is 99.8 Å². The van der Waals surface area contributed by atoms with E-state index in [1.54, 1.807) is 0 Å². The van der Waals surface area contributed by atoms with Gasteiger partial charge in [0.15, 0.2) is 0 Å². The number of hydrogen-bond donors (Lipinski definition) is 0. The zero-order chi connectivity index (χ0) is 28.1. The van der Waals surface area contributed by atoms with E-state index in [4.69, 9.17) is 0 Å². The van der Waals surface area contributed by atoms with Crippen molar-refractivity contribution in [3.05, 3.63) is 59.4 Å². The van der Waals surface area contributed by atoms with E-state index in [0.29, 0.717) is 0 Å². The fraction of sp³-hybridized carbons (Fsp3) is 0.656. The Kier molecular flexibility index (Phi) is 21.5. The van der Waals surface area contributed by atoms with Gasteiger partial charge < -0.3 is 4.90 Å². The molecule has 1 saturated carbocycles. The molecule has 0 saturated heterocycles. The number of hydrogen-bond acceptors (Lipinski definition) is 2. The van der Waals surface area contributed by atoms with E-state index in [1.807, 2.05) is 51.2 Å². The molecule has 208 valence electrons. The number of nitrogens with zero attached hydrogens (tertiary/aromatic N) is 2. The van der Waals surface area contributed by atoms with Crippen LogP contribution < -0.4 is 0 Å². The van der Waals surface area contributed by atoms with Crippen molar-refractivity contribution in [2.45, 2.75) is 112 Å². The van der Waals surface area contributed by atoms with Gasteiger partial charge in [-0.1, -0.05) is 77.2 Å². The zero-order valence-corrected chi connectivity index (χ0v) is 25.0. The van der Waals surface area contributed by atoms with Crippen LogP contribution in [0.4, 0.5) is 8.78 Å². The summed E-state index contributed by atoms with van der Waals surface area (Å²) in [5.41, 5.74) is 2.32. The van der Waals surface area contributed by atoms with Crippen LogP contribution in [0.25, 0.3) is 0 Å². The fourth-order valence-corrected chi connectivity index (χ4v) is 3.97. The molecular formula is C32H56F2N2. The van der Waals surface area contributed by atoms with Crippen molar-refractivity contribution in [3.8, 4) is 0 Å². The smallest absolute Gasteiger partial charge is 0.140 e. The number of aliphatic imine (C=N–C) groups is 1. The van der Waals surface area contributed by atoms with Crippen molar-refractivity contribution in [1.82, 2.24) is 4.90 Å². The first-order chi connectivity index (χ1) is 17.0. The first kappa shape index (κ1) is 36.3. The molecule has 0 amide bonds. The van der Waals surface area contributed by atoms with Gasteiger partial charge in [0, 0.05) is 12.5 Å². The van der Waals surface area contributed by atoms with Crippen LogP contribution in [0.15, 0.2) is 64.4 Å². The molecule has 1 atom stereocenters. The number of halogens is 2. The van der Waals surface area contributed by atoms with Gasteiger partial charge in [0.05, 0.1) is 5.70 Å². The standard InChI is InChI=1S/C13H18F2.C9H19N.C8H13N.C2H6/c1-3-11-6-4-5-7-12(8-11)9-13(2,15)10-14;1-8-4-6-9(7-5-8)10(2)3;1-5-6-8(9-4)7(2)3;1-2/h4-6,8H,3,7,9-10H2,1-2H3;8-9H,4-7H2,1-3H3;6H,2,4-5H2,1,3H3;1-2H3. The highest BCUT2D eigenvalue weighted by Gasteiger charge is 2.24. The molecule has 0 aromatic rings. The Bertz CT molecular complexity index is 718. The second-order valence-electron chi connectivity index (χ2n) is 10.1. The van der Waals surface area contributed by atoms with E-state index in [2.05, 4.69) is 58.1 Å². The first-order valence-electron chi connectivity index (χ1n) is 13.8. The number of rotatable bonds is 8. The molecule has 36 heavy (non-hydrogen) atoms. The molecule has 4 heteroatoms. The van der Waals surface area contributed by atoms with E-state index in [9.17, 15) is 8.78 Å². The van der Waals surface area contributed by atoms with Crippen LogP contribution >= 0.6 is 0 Å². The highest BCUT2D eigenvalue weighted by Crippen LogP contribution is 2.27. The summed E-state index contributed by atoms with van der Waals surface area (Å²) in [6.07, 6.45) is 18.5. The van der Waals surface area contributed by atoms with E-state index < -0.39 is 12.3 Å². The molecule has 0 aromatic heterocycles. The van der Waals surface area contributed by atoms with E-state index in [-0.39, 0.29) is 6.42 Å². The molecule has 0 N–H and O–H groups in total. The molecule has 1 fully saturated rings. The van der Waals surface area contributed by atoms with Crippen LogP contribution in [-0.4, -0.2) is 44.1 Å². The Morgan fingerprint density at radius 2 is 1.78 bits per heavy atom. The minimum Gasteiger partial charge on any atom is -0.306 e. The largest absolute Gasteiger partial charge is 0.306 e. The Labute approximate surface area is 223 Å². The molecule has 0 heterocycles. The highest BCUT2D eigenvalue weighted by molar-refractivity contribution is 5.36. The van der Waals surface area contributed by atoms with Crippen molar-refractivity contribution in [2.75, 3.05) is 20.8 Å². The van der Waals surface area contributed by atoms with E-state index in [0.717, 1.165) is 48.1 Å². The summed E-state index contributed by atoms with van der Waals surface area (Å²) in [4.78, 5) is 6.16. The third kappa shape index (κ3) is 17.6. The fourth-order valence-electron chi connectivity index (χ4n) is 3.97. The molecule has 0 bridgehead atoms. The molecule has 1 unspecified atom stereocenters. The molecule has 0 aromatic carbocycles. The summed E-state index contributed by atoms with van der Waals surface area (Å²) in [5, 5.41) is 0. The molecule has 2 aliphatic rings. The average Bonchev–Trinajstić information content (AvgIpc) is 3.09. The van der Waals surface area contributed by atoms with E-state index >= 15 is 0 Å². The quantitative estimate of drug-likeness (QED) is 0.236. The molecule has 2 aliphatic carbocycles. The van der Waals surface area contributed by atoms with Crippen LogP contribution in [0.3, 0.4) is 0 Å². The lowest BCUT2D eigenvalue weighted by Gasteiger charge is -2.30. The summed E-state index contributed by atoms with van der Waals surface area (Å²) in [6, 6.07) is 0.871. The van der Waals surface area contributed by atoms with Gasteiger partial charge in [-0.25, -0.2) is 8.78 Å². The van der Waals surface area contributed by atoms with Crippen molar-refractivity contribution in [3.63, 3.8) is 0 Å². The maximum absolute atomic E-state index is 13.5. The van der Waals surface area contributed by atoms with Crippen molar-refractivity contribution in [1.29, 1.82) is 0 Å². The van der Waals surface area contributed by atoms with Gasteiger partial charge in [-0.05, 0) is 96.7 Å². The van der Waals surface area contributed by atoms with Crippen LogP contribution in [-0.2, 0) is 0 Å². The van der Waals surface area contributed by atoms with Crippen LogP contribution in [0.2, 0.25) is 0 Å². The zero-order valence-electron chi connectivity index (χ0n) is 25.0. The number of allylic oxidation sites excluding steroid dienone is 8. The molecule has 0 spiro atoms. The first-order valence-corrected chi connectivity index (χ1v) is 13.8. The predicted molar refractivity (Wildman–Crippen MR) is 160 cm³/mol. The minimum atomic E-state index is -1.72. The predicted octanol–water partition coefficient (Wildman–Crippen LogP) is 10.0. The summed E-state index contributed by atoms with van der Waals surface area (Å²) in [7, 11) is 4.39. The van der Waals surface area contributed by atoms with Crippen molar-refractivity contribution in [2.24, 2.45) is 10.9 Å². The topological polar surface area (TPSA) is 15.6 Å². The van der Waals surface area contributed by atoms with Gasteiger partial charge in [-0.15, -0.1) is 0 Å². The number of alkyl halides is 2. The SMILES string of the molecule is C=NC(=CCC)C(=C)C.CC.CC1CCC(N(C)C)CC1.CCC1=CC=CCC(CC(C)(F)CF)=C1. The minimum absolute atomic E-state index is 0.186. The average molecular weight is 507 g/mol. The highest BCUT2D eigenvalue weighted by atomic mass is 19.2. The third-order valence-corrected chi connectivity index (χ3v) is 6.22. The molecular weight excluding hydrogens is 450 g/mol. The summed E-state index contributed by atoms with van der Waals surface area (Å²) in [6.45, 7) is 20.0. The molecule has 0 aliphatic heterocycles. The van der Waals surface area contributed by atoms with Crippen LogP contribution in [0, 0.1) is 5.92 Å². The second-order valence-corrected chi connectivity index (χ2v) is 10.1. The maximum Gasteiger partial charge on any atom is 0.140 e. The van der Waals surface area contributed by atoms with Crippen molar-refractivity contribution < 1.29 is 8.78 Å². The van der Waals surface area contributed by atoms with Crippen molar-refractivity contribution >= 4 is 6.72 Å². The van der Waals surface area contributed by atoms with Gasteiger partial charge >= 0.3 is 0 Å². The van der Waals surface area contributed by atoms with Gasteiger partial charge in [0.25, 0.3) is 0 Å². The molecule has 0 radical (unpaired) electrons. The lowest BCUT2D eigenvalue weighted by Crippen LogP contribution is -2.31. The van der Waals surface area contributed by atoms with Gasteiger partial charge in [-0.2, -0.15) is 0 Å². The maximum atomic E-state index is 13.5. The van der Waals surface area contributed by atoms with Gasteiger partial charge in [-0.3, -0.25) is 4.99 Å². The van der Waals surface area contributed by atoms with E-state index in [1.165, 1.54) is 38.2 Å². The summed E-state index contributed by atoms with van der Waals surface area (Å²) in [5.74, 6) is 0.983. The Balaban J connectivity index is 0.